The van der Waals surface area contributed by atoms with Gasteiger partial charge in [-0.15, -0.1) is 0 Å². The van der Waals surface area contributed by atoms with Crippen molar-refractivity contribution in [1.29, 1.82) is 0 Å². The van der Waals surface area contributed by atoms with Gasteiger partial charge in [-0.2, -0.15) is 0 Å². The van der Waals surface area contributed by atoms with Crippen LogP contribution in [0, 0.1) is 0 Å². The van der Waals surface area contributed by atoms with Crippen molar-refractivity contribution in [2.24, 2.45) is 0 Å². The third kappa shape index (κ3) is 4.57. The summed E-state index contributed by atoms with van der Waals surface area (Å²) in [6, 6.07) is 7.64. The van der Waals surface area contributed by atoms with E-state index < -0.39 is 0 Å². The fourth-order valence-electron chi connectivity index (χ4n) is 1.67. The number of hydrogen-bond donors (Lipinski definition) is 2. The molecule has 2 amide bonds. The van der Waals surface area contributed by atoms with E-state index in [0.717, 1.165) is 18.4 Å². The quantitative estimate of drug-likeness (QED) is 0.836. The van der Waals surface area contributed by atoms with Gasteiger partial charge in [0.25, 0.3) is 0 Å². The number of hydrogen-bond acceptors (Lipinski definition) is 1. The zero-order valence-electron chi connectivity index (χ0n) is 11.2. The topological polar surface area (TPSA) is 41.1 Å². The number of urea groups is 1. The highest BCUT2D eigenvalue weighted by Crippen LogP contribution is 2.20. The van der Waals surface area contributed by atoms with E-state index in [1.165, 1.54) is 0 Å². The average molecular weight is 269 g/mol. The van der Waals surface area contributed by atoms with E-state index in [1.807, 2.05) is 45.0 Å². The van der Waals surface area contributed by atoms with Gasteiger partial charge in [0.15, 0.2) is 0 Å². The van der Waals surface area contributed by atoms with E-state index in [-0.39, 0.29) is 18.1 Å². The van der Waals surface area contributed by atoms with Crippen LogP contribution in [-0.2, 0) is 0 Å². The summed E-state index contributed by atoms with van der Waals surface area (Å²) in [7, 11) is 0. The molecular weight excluding hydrogens is 248 g/mol. The van der Waals surface area contributed by atoms with Crippen LogP contribution in [0.25, 0.3) is 0 Å². The number of amides is 2. The summed E-state index contributed by atoms with van der Waals surface area (Å²) in [5.74, 6) is 0. The molecule has 0 aromatic heterocycles. The Bertz CT molecular complexity index is 395. The Morgan fingerprint density at radius 1 is 1.28 bits per heavy atom. The molecule has 1 aromatic carbocycles. The molecule has 0 radical (unpaired) electrons. The number of carbonyl (C=O) groups excluding carboxylic acids is 1. The molecule has 1 aromatic rings. The molecule has 0 bridgehead atoms. The van der Waals surface area contributed by atoms with E-state index in [2.05, 4.69) is 10.6 Å². The SMILES string of the molecule is CC[C@H](NC(=O)N[C@@H](C)CC)c1cccc(Cl)c1. The van der Waals surface area contributed by atoms with Gasteiger partial charge in [0.1, 0.15) is 0 Å². The highest BCUT2D eigenvalue weighted by molar-refractivity contribution is 6.30. The summed E-state index contributed by atoms with van der Waals surface area (Å²) in [5.41, 5.74) is 1.03. The number of benzene rings is 1. The molecule has 0 spiro atoms. The van der Waals surface area contributed by atoms with E-state index in [4.69, 9.17) is 11.6 Å². The number of rotatable bonds is 5. The van der Waals surface area contributed by atoms with Gasteiger partial charge in [0, 0.05) is 11.1 Å². The summed E-state index contributed by atoms with van der Waals surface area (Å²) in [6.07, 6.45) is 1.75. The van der Waals surface area contributed by atoms with Crippen molar-refractivity contribution in [1.82, 2.24) is 10.6 Å². The van der Waals surface area contributed by atoms with Crippen LogP contribution in [-0.4, -0.2) is 12.1 Å². The van der Waals surface area contributed by atoms with Crippen molar-refractivity contribution in [3.63, 3.8) is 0 Å². The predicted molar refractivity (Wildman–Crippen MR) is 75.9 cm³/mol. The van der Waals surface area contributed by atoms with Crippen molar-refractivity contribution in [2.45, 2.75) is 45.7 Å². The van der Waals surface area contributed by atoms with Gasteiger partial charge in [0.05, 0.1) is 6.04 Å². The first kappa shape index (κ1) is 14.8. The van der Waals surface area contributed by atoms with Crippen molar-refractivity contribution in [2.75, 3.05) is 0 Å². The Labute approximate surface area is 114 Å². The van der Waals surface area contributed by atoms with Crippen molar-refractivity contribution in [3.05, 3.63) is 34.9 Å². The van der Waals surface area contributed by atoms with E-state index >= 15 is 0 Å². The van der Waals surface area contributed by atoms with Crippen LogP contribution in [0.2, 0.25) is 5.02 Å². The van der Waals surface area contributed by atoms with E-state index in [0.29, 0.717) is 5.02 Å². The second-order valence-corrected chi connectivity index (χ2v) is 4.88. The molecule has 0 aliphatic heterocycles. The van der Waals surface area contributed by atoms with Gasteiger partial charge in [0.2, 0.25) is 0 Å². The minimum Gasteiger partial charge on any atom is -0.336 e. The summed E-state index contributed by atoms with van der Waals surface area (Å²) in [5, 5.41) is 6.55. The fourth-order valence-corrected chi connectivity index (χ4v) is 1.87. The number of nitrogens with one attached hydrogen (secondary N) is 2. The molecular formula is C14H21ClN2O. The standard InChI is InChI=1S/C14H21ClN2O/c1-4-10(3)16-14(18)17-13(5-2)11-7-6-8-12(15)9-11/h6-10,13H,4-5H2,1-3H3,(H2,16,17,18)/t10-,13-/m0/s1. The first-order chi connectivity index (χ1) is 8.56. The molecule has 3 nitrogen and oxygen atoms in total. The van der Waals surface area contributed by atoms with Crippen molar-refractivity contribution in [3.8, 4) is 0 Å². The normalized spacial score (nSPS) is 13.8. The monoisotopic (exact) mass is 268 g/mol. The highest BCUT2D eigenvalue weighted by atomic mass is 35.5. The second kappa shape index (κ2) is 7.27. The molecule has 2 N–H and O–H groups in total. The fraction of sp³-hybridized carbons (Fsp3) is 0.500. The number of carbonyl (C=O) groups is 1. The van der Waals surface area contributed by atoms with Crippen molar-refractivity contribution >= 4 is 17.6 Å². The Morgan fingerprint density at radius 2 is 2.00 bits per heavy atom. The molecule has 100 valence electrons. The van der Waals surface area contributed by atoms with E-state index in [1.54, 1.807) is 0 Å². The molecule has 4 heteroatoms. The maximum absolute atomic E-state index is 11.8. The van der Waals surface area contributed by atoms with E-state index in [9.17, 15) is 4.79 Å². The Hall–Kier alpha value is -1.22. The zero-order valence-corrected chi connectivity index (χ0v) is 11.9. The minimum absolute atomic E-state index is 0.00671. The summed E-state index contributed by atoms with van der Waals surface area (Å²) in [6.45, 7) is 6.06. The first-order valence-corrected chi connectivity index (χ1v) is 6.77. The lowest BCUT2D eigenvalue weighted by atomic mass is 10.1. The van der Waals surface area contributed by atoms with Gasteiger partial charge in [-0.1, -0.05) is 37.6 Å². The van der Waals surface area contributed by atoms with Crippen LogP contribution < -0.4 is 10.6 Å². The van der Waals surface area contributed by atoms with Crippen LogP contribution >= 0.6 is 11.6 Å². The smallest absolute Gasteiger partial charge is 0.315 e. The highest BCUT2D eigenvalue weighted by Gasteiger charge is 2.13. The second-order valence-electron chi connectivity index (χ2n) is 4.44. The Morgan fingerprint density at radius 3 is 2.56 bits per heavy atom. The van der Waals surface area contributed by atoms with Crippen LogP contribution in [0.15, 0.2) is 24.3 Å². The summed E-state index contributed by atoms with van der Waals surface area (Å²) >= 11 is 5.96. The molecule has 0 aliphatic carbocycles. The zero-order chi connectivity index (χ0) is 13.5. The van der Waals surface area contributed by atoms with Crippen LogP contribution in [0.5, 0.6) is 0 Å². The van der Waals surface area contributed by atoms with Gasteiger partial charge in [-0.25, -0.2) is 4.79 Å². The third-order valence-corrected chi connectivity index (χ3v) is 3.19. The van der Waals surface area contributed by atoms with Crippen LogP contribution in [0.3, 0.4) is 0 Å². The van der Waals surface area contributed by atoms with Crippen LogP contribution in [0.4, 0.5) is 4.79 Å². The Kier molecular flexibility index (Phi) is 5.99. The third-order valence-electron chi connectivity index (χ3n) is 2.95. The average Bonchev–Trinajstić information content (AvgIpc) is 2.35. The number of halogens is 1. The van der Waals surface area contributed by atoms with Gasteiger partial charge < -0.3 is 10.6 Å². The largest absolute Gasteiger partial charge is 0.336 e. The molecule has 0 fully saturated rings. The Balaban J connectivity index is 2.65. The first-order valence-electron chi connectivity index (χ1n) is 6.39. The molecule has 1 rings (SSSR count). The molecule has 2 atom stereocenters. The minimum atomic E-state index is -0.129. The maximum Gasteiger partial charge on any atom is 0.315 e. The summed E-state index contributed by atoms with van der Waals surface area (Å²) < 4.78 is 0. The lowest BCUT2D eigenvalue weighted by Gasteiger charge is -2.20. The van der Waals surface area contributed by atoms with Gasteiger partial charge in [-0.3, -0.25) is 0 Å². The molecule has 0 heterocycles. The lowest BCUT2D eigenvalue weighted by molar-refractivity contribution is 0.233. The van der Waals surface area contributed by atoms with Crippen molar-refractivity contribution < 1.29 is 4.79 Å². The lowest BCUT2D eigenvalue weighted by Crippen LogP contribution is -2.42. The summed E-state index contributed by atoms with van der Waals surface area (Å²) in [4.78, 5) is 11.8. The predicted octanol–water partition coefficient (Wildman–Crippen LogP) is 3.89. The van der Waals surface area contributed by atoms with Crippen LogP contribution in [0.1, 0.15) is 45.2 Å². The molecule has 0 unspecified atom stereocenters. The van der Waals surface area contributed by atoms with Gasteiger partial charge in [-0.05, 0) is 37.5 Å². The molecule has 18 heavy (non-hydrogen) atoms. The maximum atomic E-state index is 11.8. The molecule has 0 saturated carbocycles. The van der Waals surface area contributed by atoms with Gasteiger partial charge >= 0.3 is 6.03 Å². The molecule has 0 aliphatic rings. The molecule has 0 saturated heterocycles.